The molecule has 1 aromatic rings. The van der Waals surface area contributed by atoms with Gasteiger partial charge in [-0.15, -0.1) is 0 Å². The summed E-state index contributed by atoms with van der Waals surface area (Å²) < 4.78 is 0. The molecule has 7 heteroatoms. The summed E-state index contributed by atoms with van der Waals surface area (Å²) in [5, 5.41) is 0. The van der Waals surface area contributed by atoms with Crippen molar-refractivity contribution in [3.63, 3.8) is 0 Å². The Morgan fingerprint density at radius 2 is 1.66 bits per heavy atom. The summed E-state index contributed by atoms with van der Waals surface area (Å²) in [7, 11) is 0. The molecule has 2 saturated carbocycles. The van der Waals surface area contributed by atoms with Crippen molar-refractivity contribution < 1.29 is 9.59 Å². The van der Waals surface area contributed by atoms with Gasteiger partial charge in [0.1, 0.15) is 5.82 Å². The lowest BCUT2D eigenvalue weighted by Gasteiger charge is -2.37. The van der Waals surface area contributed by atoms with Gasteiger partial charge in [0.2, 0.25) is 11.8 Å². The van der Waals surface area contributed by atoms with Crippen LogP contribution in [-0.4, -0.2) is 44.7 Å². The lowest BCUT2D eigenvalue weighted by atomic mass is 9.97. The van der Waals surface area contributed by atoms with E-state index >= 15 is 0 Å². The van der Waals surface area contributed by atoms with Gasteiger partial charge in [-0.2, -0.15) is 0 Å². The van der Waals surface area contributed by atoms with Crippen LogP contribution in [0, 0.1) is 11.8 Å². The number of carbonyl (C=O) groups excluding carboxylic acids is 2. The van der Waals surface area contributed by atoms with Crippen molar-refractivity contribution in [1.29, 1.82) is 0 Å². The molecular weight excluding hydrogens is 404 g/mol. The molecule has 1 unspecified atom stereocenters. The number of likely N-dealkylation sites (tertiary alicyclic amines) is 1. The fraction of sp³-hybridized carbons (Fsp3) is 0.760. The molecule has 3 fully saturated rings. The number of fused-ring (bicyclic) bond motifs is 1. The molecule has 0 spiro atoms. The minimum atomic E-state index is -0.137. The molecule has 1 atom stereocenters. The molecule has 1 N–H and O–H groups in total. The van der Waals surface area contributed by atoms with Crippen molar-refractivity contribution in [3.8, 4) is 0 Å². The number of H-pyrrole nitrogens is 1. The zero-order valence-electron chi connectivity index (χ0n) is 19.1. The van der Waals surface area contributed by atoms with Crippen LogP contribution in [0.15, 0.2) is 4.79 Å². The normalized spacial score (nSPS) is 24.7. The Hall–Kier alpha value is -2.18. The maximum atomic E-state index is 13.2. The molecule has 32 heavy (non-hydrogen) atoms. The topological polar surface area (TPSA) is 86.4 Å². The SMILES string of the molecule is O=C(CC1CCCC1)N1CCc2nc(C3CCCCN3C(=O)C3CCCC3)[nH]c(=O)c2C1. The average molecular weight is 441 g/mol. The van der Waals surface area contributed by atoms with Crippen LogP contribution in [0.1, 0.15) is 100 Å². The molecular formula is C25H36N4O3. The lowest BCUT2D eigenvalue weighted by molar-refractivity contribution is -0.139. The summed E-state index contributed by atoms with van der Waals surface area (Å²) in [4.78, 5) is 50.7. The fourth-order valence-corrected chi connectivity index (χ4v) is 6.29. The quantitative estimate of drug-likeness (QED) is 0.777. The van der Waals surface area contributed by atoms with Gasteiger partial charge in [0.15, 0.2) is 0 Å². The van der Waals surface area contributed by atoms with Gasteiger partial charge in [-0.3, -0.25) is 14.4 Å². The number of aromatic amines is 1. The van der Waals surface area contributed by atoms with Crippen LogP contribution < -0.4 is 5.56 Å². The summed E-state index contributed by atoms with van der Waals surface area (Å²) in [6.45, 7) is 1.74. The Morgan fingerprint density at radius 1 is 0.938 bits per heavy atom. The lowest BCUT2D eigenvalue weighted by Crippen LogP contribution is -2.44. The first-order valence-electron chi connectivity index (χ1n) is 12.8. The van der Waals surface area contributed by atoms with Gasteiger partial charge in [-0.05, 0) is 50.9 Å². The van der Waals surface area contributed by atoms with E-state index in [0.717, 1.165) is 70.0 Å². The zero-order valence-corrected chi connectivity index (χ0v) is 19.1. The average Bonchev–Trinajstić information content (AvgIpc) is 3.53. The van der Waals surface area contributed by atoms with E-state index < -0.39 is 0 Å². The molecule has 7 nitrogen and oxygen atoms in total. The van der Waals surface area contributed by atoms with Crippen LogP contribution in [0.2, 0.25) is 0 Å². The molecule has 0 aromatic carbocycles. The smallest absolute Gasteiger partial charge is 0.256 e. The van der Waals surface area contributed by atoms with Crippen molar-refractivity contribution >= 4 is 11.8 Å². The van der Waals surface area contributed by atoms with Gasteiger partial charge >= 0.3 is 0 Å². The van der Waals surface area contributed by atoms with E-state index in [2.05, 4.69) is 4.98 Å². The molecule has 2 aliphatic heterocycles. The highest BCUT2D eigenvalue weighted by atomic mass is 16.2. The van der Waals surface area contributed by atoms with E-state index in [1.54, 1.807) is 0 Å². The number of hydrogen-bond donors (Lipinski definition) is 1. The van der Waals surface area contributed by atoms with E-state index in [-0.39, 0.29) is 29.3 Å². The van der Waals surface area contributed by atoms with Crippen molar-refractivity contribution in [2.75, 3.05) is 13.1 Å². The van der Waals surface area contributed by atoms with Crippen LogP contribution in [-0.2, 0) is 22.6 Å². The summed E-state index contributed by atoms with van der Waals surface area (Å²) in [6.07, 6.45) is 13.2. The highest BCUT2D eigenvalue weighted by Crippen LogP contribution is 2.34. The van der Waals surface area contributed by atoms with Gasteiger partial charge in [0.25, 0.3) is 5.56 Å². The van der Waals surface area contributed by atoms with Crippen LogP contribution in [0.3, 0.4) is 0 Å². The molecule has 4 aliphatic rings. The van der Waals surface area contributed by atoms with Crippen molar-refractivity contribution in [1.82, 2.24) is 19.8 Å². The first-order valence-corrected chi connectivity index (χ1v) is 12.8. The van der Waals surface area contributed by atoms with E-state index in [0.29, 0.717) is 43.2 Å². The number of nitrogens with zero attached hydrogens (tertiary/aromatic N) is 3. The molecule has 174 valence electrons. The first-order chi connectivity index (χ1) is 15.6. The zero-order chi connectivity index (χ0) is 22.1. The highest BCUT2D eigenvalue weighted by Gasteiger charge is 2.36. The van der Waals surface area contributed by atoms with Crippen molar-refractivity contribution in [2.45, 2.75) is 96.1 Å². The fourth-order valence-electron chi connectivity index (χ4n) is 6.29. The van der Waals surface area contributed by atoms with E-state index in [4.69, 9.17) is 4.98 Å². The van der Waals surface area contributed by atoms with Crippen LogP contribution in [0.5, 0.6) is 0 Å². The molecule has 1 saturated heterocycles. The summed E-state index contributed by atoms with van der Waals surface area (Å²) in [5.74, 6) is 1.71. The second-order valence-electron chi connectivity index (χ2n) is 10.3. The molecule has 3 heterocycles. The number of carbonyl (C=O) groups is 2. The minimum Gasteiger partial charge on any atom is -0.338 e. The maximum Gasteiger partial charge on any atom is 0.256 e. The maximum absolute atomic E-state index is 13.2. The molecule has 2 amide bonds. The summed E-state index contributed by atoms with van der Waals surface area (Å²) in [5.41, 5.74) is 1.30. The minimum absolute atomic E-state index is 0.128. The summed E-state index contributed by atoms with van der Waals surface area (Å²) >= 11 is 0. The highest BCUT2D eigenvalue weighted by molar-refractivity contribution is 5.79. The third-order valence-corrected chi connectivity index (χ3v) is 8.18. The number of piperidine rings is 1. The second kappa shape index (κ2) is 9.36. The second-order valence-corrected chi connectivity index (χ2v) is 10.3. The van der Waals surface area contributed by atoms with E-state index in [1.165, 1.54) is 12.8 Å². The van der Waals surface area contributed by atoms with Gasteiger partial charge in [0.05, 0.1) is 23.8 Å². The Morgan fingerprint density at radius 3 is 2.44 bits per heavy atom. The molecule has 0 radical (unpaired) electrons. The van der Waals surface area contributed by atoms with Gasteiger partial charge in [-0.1, -0.05) is 25.7 Å². The predicted octanol–water partition coefficient (Wildman–Crippen LogP) is 3.48. The number of aromatic nitrogens is 2. The third-order valence-electron chi connectivity index (χ3n) is 8.18. The summed E-state index contributed by atoms with van der Waals surface area (Å²) in [6, 6.07) is -0.128. The number of nitrogens with one attached hydrogen (secondary N) is 1. The number of rotatable bonds is 4. The standard InChI is InChI=1S/C25H36N4O3/c30-22(15-17-7-1-2-8-17)28-14-12-20-19(16-28)24(31)27-23(26-20)21-11-5-6-13-29(21)25(32)18-9-3-4-10-18/h17-18,21H,1-16H2,(H,26,27,31). The van der Waals surface area contributed by atoms with Gasteiger partial charge in [0, 0.05) is 31.8 Å². The van der Waals surface area contributed by atoms with Crippen LogP contribution in [0.25, 0.3) is 0 Å². The van der Waals surface area contributed by atoms with Crippen LogP contribution >= 0.6 is 0 Å². The van der Waals surface area contributed by atoms with Gasteiger partial charge in [-0.25, -0.2) is 4.98 Å². The largest absolute Gasteiger partial charge is 0.338 e. The number of amides is 2. The first kappa shape index (κ1) is 21.7. The molecule has 1 aromatic heterocycles. The van der Waals surface area contributed by atoms with E-state index in [1.807, 2.05) is 9.80 Å². The molecule has 0 bridgehead atoms. The third kappa shape index (κ3) is 4.35. The Bertz CT molecular complexity index is 914. The Balaban J connectivity index is 1.32. The predicted molar refractivity (Wildman–Crippen MR) is 121 cm³/mol. The molecule has 2 aliphatic carbocycles. The Kier molecular flexibility index (Phi) is 6.33. The van der Waals surface area contributed by atoms with Crippen molar-refractivity contribution in [2.24, 2.45) is 11.8 Å². The monoisotopic (exact) mass is 440 g/mol. The van der Waals surface area contributed by atoms with Crippen LogP contribution in [0.4, 0.5) is 0 Å². The Labute approximate surface area is 190 Å². The molecule has 5 rings (SSSR count). The van der Waals surface area contributed by atoms with Crippen molar-refractivity contribution in [3.05, 3.63) is 27.4 Å². The number of hydrogen-bond acceptors (Lipinski definition) is 4. The van der Waals surface area contributed by atoms with Gasteiger partial charge < -0.3 is 14.8 Å². The van der Waals surface area contributed by atoms with E-state index in [9.17, 15) is 14.4 Å².